The van der Waals surface area contributed by atoms with Crippen LogP contribution in [-0.4, -0.2) is 24.2 Å². The molecule has 96 valence electrons. The Morgan fingerprint density at radius 1 is 1.39 bits per heavy atom. The molecule has 1 amide bonds. The van der Waals surface area contributed by atoms with Crippen LogP contribution in [0.5, 0.6) is 0 Å². The van der Waals surface area contributed by atoms with Gasteiger partial charge in [-0.1, -0.05) is 31.2 Å². The number of hydrogen-bond donors (Lipinski definition) is 0. The molecule has 0 atom stereocenters. The fourth-order valence-corrected chi connectivity index (χ4v) is 1.54. The standard InChI is InChI=1S/C15H20N2O/c1-5-12(3)13-9-7-8-10-14(13)16-11-17(4)15(18)6-2/h5,7-11H,6H2,1-4H3. The fourth-order valence-electron chi connectivity index (χ4n) is 1.54. The Morgan fingerprint density at radius 2 is 2.06 bits per heavy atom. The molecule has 0 bridgehead atoms. The summed E-state index contributed by atoms with van der Waals surface area (Å²) in [6, 6.07) is 7.91. The first-order valence-electron chi connectivity index (χ1n) is 6.12. The van der Waals surface area contributed by atoms with Crippen LogP contribution < -0.4 is 0 Å². The summed E-state index contributed by atoms with van der Waals surface area (Å²) >= 11 is 0. The lowest BCUT2D eigenvalue weighted by molar-refractivity contribution is -0.125. The minimum atomic E-state index is 0.0546. The number of benzene rings is 1. The van der Waals surface area contributed by atoms with Gasteiger partial charge in [-0.05, 0) is 25.5 Å². The monoisotopic (exact) mass is 244 g/mol. The molecule has 0 aliphatic carbocycles. The van der Waals surface area contributed by atoms with E-state index in [0.29, 0.717) is 6.42 Å². The molecule has 3 nitrogen and oxygen atoms in total. The molecule has 0 N–H and O–H groups in total. The number of amides is 1. The van der Waals surface area contributed by atoms with Crippen molar-refractivity contribution in [1.29, 1.82) is 0 Å². The summed E-state index contributed by atoms with van der Waals surface area (Å²) in [6.45, 7) is 5.89. The van der Waals surface area contributed by atoms with E-state index in [4.69, 9.17) is 0 Å². The highest BCUT2D eigenvalue weighted by Crippen LogP contribution is 2.25. The highest BCUT2D eigenvalue weighted by molar-refractivity contribution is 5.88. The molecule has 0 fully saturated rings. The van der Waals surface area contributed by atoms with E-state index < -0.39 is 0 Å². The van der Waals surface area contributed by atoms with E-state index in [2.05, 4.69) is 18.0 Å². The fraction of sp³-hybridized carbons (Fsp3) is 0.333. The van der Waals surface area contributed by atoms with E-state index in [1.807, 2.05) is 38.1 Å². The van der Waals surface area contributed by atoms with Gasteiger partial charge in [-0.2, -0.15) is 0 Å². The number of aliphatic imine (C=N–C) groups is 1. The third-order valence-corrected chi connectivity index (χ3v) is 2.83. The van der Waals surface area contributed by atoms with Gasteiger partial charge in [0.25, 0.3) is 0 Å². The van der Waals surface area contributed by atoms with E-state index in [1.54, 1.807) is 13.4 Å². The van der Waals surface area contributed by atoms with Crippen molar-refractivity contribution in [2.24, 2.45) is 4.99 Å². The van der Waals surface area contributed by atoms with Crippen LogP contribution in [0.15, 0.2) is 35.3 Å². The molecule has 0 heterocycles. The van der Waals surface area contributed by atoms with Crippen LogP contribution in [0, 0.1) is 0 Å². The minimum absolute atomic E-state index is 0.0546. The molecule has 3 heteroatoms. The Hall–Kier alpha value is -1.90. The Balaban J connectivity index is 2.98. The molecule has 0 aromatic heterocycles. The van der Waals surface area contributed by atoms with Gasteiger partial charge < -0.3 is 4.90 Å². The first kappa shape index (κ1) is 14.2. The predicted molar refractivity (Wildman–Crippen MR) is 77.0 cm³/mol. The second-order valence-corrected chi connectivity index (χ2v) is 4.09. The number of nitrogens with zero attached hydrogens (tertiary/aromatic N) is 2. The van der Waals surface area contributed by atoms with Gasteiger partial charge >= 0.3 is 0 Å². The maximum absolute atomic E-state index is 11.4. The summed E-state index contributed by atoms with van der Waals surface area (Å²) in [6.07, 6.45) is 4.11. The lowest BCUT2D eigenvalue weighted by Crippen LogP contribution is -2.23. The van der Waals surface area contributed by atoms with Gasteiger partial charge in [0.2, 0.25) is 5.91 Å². The smallest absolute Gasteiger partial charge is 0.227 e. The molecule has 0 saturated carbocycles. The van der Waals surface area contributed by atoms with Crippen molar-refractivity contribution >= 4 is 23.5 Å². The average molecular weight is 244 g/mol. The summed E-state index contributed by atoms with van der Waals surface area (Å²) in [5.41, 5.74) is 3.14. The number of para-hydroxylation sites is 1. The summed E-state index contributed by atoms with van der Waals surface area (Å²) in [4.78, 5) is 17.3. The Bertz CT molecular complexity index is 475. The summed E-state index contributed by atoms with van der Waals surface area (Å²) < 4.78 is 0. The molecule has 0 aliphatic rings. The third kappa shape index (κ3) is 3.55. The van der Waals surface area contributed by atoms with Crippen molar-refractivity contribution in [3.8, 4) is 0 Å². The molecule has 1 aromatic carbocycles. The number of rotatable bonds is 4. The molecule has 0 radical (unpaired) electrons. The molecule has 0 aliphatic heterocycles. The van der Waals surface area contributed by atoms with Gasteiger partial charge in [-0.15, -0.1) is 0 Å². The summed E-state index contributed by atoms with van der Waals surface area (Å²) in [5, 5.41) is 0. The van der Waals surface area contributed by atoms with Gasteiger partial charge in [-0.25, -0.2) is 4.99 Å². The lowest BCUT2D eigenvalue weighted by atomic mass is 10.1. The number of allylic oxidation sites excluding steroid dienone is 2. The summed E-state index contributed by atoms with van der Waals surface area (Å²) in [7, 11) is 1.72. The average Bonchev–Trinajstić information content (AvgIpc) is 2.43. The molecule has 18 heavy (non-hydrogen) atoms. The number of hydrogen-bond acceptors (Lipinski definition) is 2. The van der Waals surface area contributed by atoms with Gasteiger partial charge in [0.05, 0.1) is 12.0 Å². The van der Waals surface area contributed by atoms with Crippen molar-refractivity contribution < 1.29 is 4.79 Å². The normalized spacial score (nSPS) is 11.9. The first-order chi connectivity index (χ1) is 8.60. The van der Waals surface area contributed by atoms with E-state index >= 15 is 0 Å². The Kier molecular flexibility index (Phi) is 5.31. The van der Waals surface area contributed by atoms with Crippen molar-refractivity contribution in [1.82, 2.24) is 4.90 Å². The van der Waals surface area contributed by atoms with Crippen LogP contribution >= 0.6 is 0 Å². The van der Waals surface area contributed by atoms with E-state index in [0.717, 1.165) is 11.3 Å². The van der Waals surface area contributed by atoms with Crippen molar-refractivity contribution in [3.63, 3.8) is 0 Å². The van der Waals surface area contributed by atoms with Gasteiger partial charge in [0.15, 0.2) is 0 Å². The number of carbonyl (C=O) groups is 1. The summed E-state index contributed by atoms with van der Waals surface area (Å²) in [5.74, 6) is 0.0546. The first-order valence-corrected chi connectivity index (χ1v) is 6.12. The molecule has 1 rings (SSSR count). The number of carbonyl (C=O) groups excluding carboxylic acids is 1. The second kappa shape index (κ2) is 6.74. The molecule has 1 aromatic rings. The van der Waals surface area contributed by atoms with E-state index in [-0.39, 0.29) is 5.91 Å². The van der Waals surface area contributed by atoms with Crippen LogP contribution in [0.2, 0.25) is 0 Å². The van der Waals surface area contributed by atoms with Crippen LogP contribution in [0.1, 0.15) is 32.8 Å². The topological polar surface area (TPSA) is 32.7 Å². The molecule has 0 unspecified atom stereocenters. The zero-order valence-electron chi connectivity index (χ0n) is 11.5. The Morgan fingerprint density at radius 3 is 2.67 bits per heavy atom. The Labute approximate surface area is 109 Å². The maximum atomic E-state index is 11.4. The SMILES string of the molecule is CC=C(C)c1ccccc1N=CN(C)C(=O)CC. The van der Waals surface area contributed by atoms with Crippen LogP contribution in [0.4, 0.5) is 5.69 Å². The molecule has 0 spiro atoms. The predicted octanol–water partition coefficient (Wildman–Crippen LogP) is 3.64. The minimum Gasteiger partial charge on any atom is -0.306 e. The van der Waals surface area contributed by atoms with Crippen LogP contribution in [0.3, 0.4) is 0 Å². The van der Waals surface area contributed by atoms with Crippen molar-refractivity contribution in [3.05, 3.63) is 35.9 Å². The largest absolute Gasteiger partial charge is 0.306 e. The molecular weight excluding hydrogens is 224 g/mol. The maximum Gasteiger partial charge on any atom is 0.227 e. The zero-order valence-corrected chi connectivity index (χ0v) is 11.5. The lowest BCUT2D eigenvalue weighted by Gasteiger charge is -2.10. The van der Waals surface area contributed by atoms with Gasteiger partial charge in [0.1, 0.15) is 0 Å². The molecular formula is C15H20N2O. The highest BCUT2D eigenvalue weighted by Gasteiger charge is 2.04. The quantitative estimate of drug-likeness (QED) is 0.588. The second-order valence-electron chi connectivity index (χ2n) is 4.09. The van der Waals surface area contributed by atoms with Crippen molar-refractivity contribution in [2.45, 2.75) is 27.2 Å². The third-order valence-electron chi connectivity index (χ3n) is 2.83. The van der Waals surface area contributed by atoms with E-state index in [1.165, 1.54) is 10.5 Å². The highest BCUT2D eigenvalue weighted by atomic mass is 16.2. The van der Waals surface area contributed by atoms with Crippen LogP contribution in [0.25, 0.3) is 5.57 Å². The van der Waals surface area contributed by atoms with Crippen molar-refractivity contribution in [2.75, 3.05) is 7.05 Å². The van der Waals surface area contributed by atoms with Crippen LogP contribution in [-0.2, 0) is 4.79 Å². The van der Waals surface area contributed by atoms with Gasteiger partial charge in [-0.3, -0.25) is 4.79 Å². The van der Waals surface area contributed by atoms with E-state index in [9.17, 15) is 4.79 Å². The van der Waals surface area contributed by atoms with Gasteiger partial charge in [0, 0.05) is 19.0 Å². The molecule has 0 saturated heterocycles. The zero-order chi connectivity index (χ0) is 13.5.